The maximum atomic E-state index is 13.0. The number of rotatable bonds is 6. The standard InChI is InChI=1S/C23H27N3O4S/c1-16-14-26(15-17(2)24-16)19-8-11-23(29-3)21(13-19)25-31(27,28)20-9-6-18(7-10-20)22-5-4-12-30-22/h4-13,16-17,24-25H,14-15H2,1-3H3. The van der Waals surface area contributed by atoms with Crippen molar-refractivity contribution in [2.75, 3.05) is 29.8 Å². The van der Waals surface area contributed by atoms with Gasteiger partial charge in [-0.1, -0.05) is 0 Å². The zero-order valence-electron chi connectivity index (χ0n) is 17.8. The van der Waals surface area contributed by atoms with Crippen molar-refractivity contribution < 1.29 is 17.6 Å². The van der Waals surface area contributed by atoms with Gasteiger partial charge in [-0.3, -0.25) is 4.72 Å². The molecule has 2 atom stereocenters. The van der Waals surface area contributed by atoms with E-state index in [1.807, 2.05) is 18.2 Å². The van der Waals surface area contributed by atoms with Crippen LogP contribution < -0.4 is 19.7 Å². The molecule has 2 unspecified atom stereocenters. The lowest BCUT2D eigenvalue weighted by atomic mass is 10.1. The Kier molecular flexibility index (Phi) is 5.93. The summed E-state index contributed by atoms with van der Waals surface area (Å²) in [6.07, 6.45) is 1.58. The summed E-state index contributed by atoms with van der Waals surface area (Å²) in [7, 11) is -2.26. The number of nitrogens with zero attached hydrogens (tertiary/aromatic N) is 1. The van der Waals surface area contributed by atoms with Crippen molar-refractivity contribution in [1.82, 2.24) is 5.32 Å². The molecule has 31 heavy (non-hydrogen) atoms. The van der Waals surface area contributed by atoms with Crippen LogP contribution in [0, 0.1) is 0 Å². The van der Waals surface area contributed by atoms with Crippen LogP contribution in [0.2, 0.25) is 0 Å². The van der Waals surface area contributed by atoms with Crippen molar-refractivity contribution in [3.05, 3.63) is 60.9 Å². The van der Waals surface area contributed by atoms with Crippen LogP contribution in [0.1, 0.15) is 13.8 Å². The first-order valence-electron chi connectivity index (χ1n) is 10.2. The van der Waals surface area contributed by atoms with Crippen molar-refractivity contribution in [2.45, 2.75) is 30.8 Å². The molecule has 3 aromatic rings. The van der Waals surface area contributed by atoms with Gasteiger partial charge in [-0.05, 0) is 68.4 Å². The SMILES string of the molecule is COc1ccc(N2CC(C)NC(C)C2)cc1NS(=O)(=O)c1ccc(-c2ccco2)cc1. The van der Waals surface area contributed by atoms with E-state index in [9.17, 15) is 8.42 Å². The van der Waals surface area contributed by atoms with Gasteiger partial charge in [0.05, 0.1) is 24.0 Å². The van der Waals surface area contributed by atoms with E-state index in [0.29, 0.717) is 29.3 Å². The fourth-order valence-corrected chi connectivity index (χ4v) is 5.02. The summed E-state index contributed by atoms with van der Waals surface area (Å²) in [5.41, 5.74) is 2.17. The topological polar surface area (TPSA) is 83.8 Å². The zero-order valence-corrected chi connectivity index (χ0v) is 18.6. The minimum absolute atomic E-state index is 0.166. The fraction of sp³-hybridized carbons (Fsp3) is 0.304. The number of ether oxygens (including phenoxy) is 1. The van der Waals surface area contributed by atoms with Gasteiger partial charge < -0.3 is 19.4 Å². The van der Waals surface area contributed by atoms with Gasteiger partial charge in [-0.2, -0.15) is 0 Å². The highest BCUT2D eigenvalue weighted by molar-refractivity contribution is 7.92. The number of sulfonamides is 1. The van der Waals surface area contributed by atoms with Gasteiger partial charge in [0, 0.05) is 36.4 Å². The van der Waals surface area contributed by atoms with Crippen LogP contribution in [-0.4, -0.2) is 40.7 Å². The maximum Gasteiger partial charge on any atom is 0.262 e. The molecule has 0 amide bonds. The first-order chi connectivity index (χ1) is 14.9. The largest absolute Gasteiger partial charge is 0.495 e. The van der Waals surface area contributed by atoms with E-state index in [2.05, 4.69) is 28.8 Å². The molecule has 8 heteroatoms. The van der Waals surface area contributed by atoms with E-state index in [1.165, 1.54) is 7.11 Å². The Morgan fingerprint density at radius 3 is 2.39 bits per heavy atom. The molecule has 4 rings (SSSR count). The van der Waals surface area contributed by atoms with Crippen molar-refractivity contribution >= 4 is 21.4 Å². The summed E-state index contributed by atoms with van der Waals surface area (Å²) in [5.74, 6) is 1.15. The maximum absolute atomic E-state index is 13.0. The lowest BCUT2D eigenvalue weighted by Crippen LogP contribution is -2.54. The molecule has 1 aliphatic heterocycles. The van der Waals surface area contributed by atoms with E-state index in [-0.39, 0.29) is 4.90 Å². The highest BCUT2D eigenvalue weighted by Gasteiger charge is 2.23. The Morgan fingerprint density at radius 2 is 1.77 bits per heavy atom. The predicted molar refractivity (Wildman–Crippen MR) is 122 cm³/mol. The number of hydrogen-bond acceptors (Lipinski definition) is 6. The Hall–Kier alpha value is -2.97. The summed E-state index contributed by atoms with van der Waals surface area (Å²) in [6, 6.07) is 16.5. The highest BCUT2D eigenvalue weighted by Crippen LogP contribution is 2.32. The third-order valence-electron chi connectivity index (χ3n) is 5.32. The molecule has 0 aliphatic carbocycles. The van der Waals surface area contributed by atoms with E-state index < -0.39 is 10.0 Å². The lowest BCUT2D eigenvalue weighted by Gasteiger charge is -2.38. The zero-order chi connectivity index (χ0) is 22.0. The second-order valence-electron chi connectivity index (χ2n) is 7.87. The van der Waals surface area contributed by atoms with Crippen LogP contribution in [0.5, 0.6) is 5.75 Å². The van der Waals surface area contributed by atoms with E-state index in [0.717, 1.165) is 24.3 Å². The summed E-state index contributed by atoms with van der Waals surface area (Å²) < 4.78 is 39.6. The second kappa shape index (κ2) is 8.64. The molecule has 0 radical (unpaired) electrons. The van der Waals surface area contributed by atoms with Gasteiger partial charge in [0.15, 0.2) is 0 Å². The summed E-state index contributed by atoms with van der Waals surface area (Å²) >= 11 is 0. The predicted octanol–water partition coefficient (Wildman–Crippen LogP) is 3.94. The molecule has 0 bridgehead atoms. The first kappa shape index (κ1) is 21.3. The average molecular weight is 442 g/mol. The molecule has 7 nitrogen and oxygen atoms in total. The van der Waals surface area contributed by atoms with Gasteiger partial charge >= 0.3 is 0 Å². The minimum atomic E-state index is -3.79. The number of methoxy groups -OCH3 is 1. The van der Waals surface area contributed by atoms with Crippen molar-refractivity contribution in [1.29, 1.82) is 0 Å². The molecule has 0 spiro atoms. The molecular weight excluding hydrogens is 414 g/mol. The van der Waals surface area contributed by atoms with Crippen LogP contribution in [0.15, 0.2) is 70.2 Å². The quantitative estimate of drug-likeness (QED) is 0.603. The van der Waals surface area contributed by atoms with Crippen LogP contribution in [0.4, 0.5) is 11.4 Å². The van der Waals surface area contributed by atoms with Crippen LogP contribution >= 0.6 is 0 Å². The molecular formula is C23H27N3O4S. The molecule has 164 valence electrons. The monoisotopic (exact) mass is 441 g/mol. The number of anilines is 2. The number of hydrogen-bond donors (Lipinski definition) is 2. The molecule has 1 saturated heterocycles. The Bertz CT molecular complexity index is 1120. The van der Waals surface area contributed by atoms with E-state index in [4.69, 9.17) is 9.15 Å². The third-order valence-corrected chi connectivity index (χ3v) is 6.70. The van der Waals surface area contributed by atoms with Crippen molar-refractivity contribution in [3.8, 4) is 17.1 Å². The summed E-state index contributed by atoms with van der Waals surface area (Å²) in [4.78, 5) is 2.42. The number of benzene rings is 2. The normalized spacial score (nSPS) is 19.3. The first-order valence-corrected chi connectivity index (χ1v) is 11.7. The van der Waals surface area contributed by atoms with Crippen LogP contribution in [0.25, 0.3) is 11.3 Å². The van der Waals surface area contributed by atoms with Gasteiger partial charge in [0.25, 0.3) is 10.0 Å². The molecule has 2 N–H and O–H groups in total. The molecule has 1 aromatic heterocycles. The Labute approximate surface area is 183 Å². The van der Waals surface area contributed by atoms with Crippen molar-refractivity contribution in [3.63, 3.8) is 0 Å². The smallest absolute Gasteiger partial charge is 0.262 e. The van der Waals surface area contributed by atoms with Crippen LogP contribution in [0.3, 0.4) is 0 Å². The van der Waals surface area contributed by atoms with Gasteiger partial charge in [0.1, 0.15) is 11.5 Å². The molecule has 1 fully saturated rings. The lowest BCUT2D eigenvalue weighted by molar-refractivity contribution is 0.406. The second-order valence-corrected chi connectivity index (χ2v) is 9.55. The van der Waals surface area contributed by atoms with Crippen LogP contribution in [-0.2, 0) is 10.0 Å². The number of piperazine rings is 1. The van der Waals surface area contributed by atoms with Gasteiger partial charge in [-0.25, -0.2) is 8.42 Å². The van der Waals surface area contributed by atoms with E-state index >= 15 is 0 Å². The average Bonchev–Trinajstić information content (AvgIpc) is 3.28. The van der Waals surface area contributed by atoms with Crippen molar-refractivity contribution in [2.24, 2.45) is 0 Å². The summed E-state index contributed by atoms with van der Waals surface area (Å²) in [5, 5.41) is 3.51. The molecule has 1 aliphatic rings. The Morgan fingerprint density at radius 1 is 1.06 bits per heavy atom. The van der Waals surface area contributed by atoms with E-state index in [1.54, 1.807) is 42.7 Å². The fourth-order valence-electron chi connectivity index (χ4n) is 3.95. The Balaban J connectivity index is 1.59. The highest BCUT2D eigenvalue weighted by atomic mass is 32.2. The third kappa shape index (κ3) is 4.70. The van der Waals surface area contributed by atoms with Gasteiger partial charge in [-0.15, -0.1) is 0 Å². The minimum Gasteiger partial charge on any atom is -0.495 e. The molecule has 2 aromatic carbocycles. The molecule has 0 saturated carbocycles. The number of furan rings is 1. The number of nitrogens with one attached hydrogen (secondary N) is 2. The summed E-state index contributed by atoms with van der Waals surface area (Å²) in [6.45, 7) is 5.97. The van der Waals surface area contributed by atoms with Gasteiger partial charge in [0.2, 0.25) is 0 Å². The molecule has 2 heterocycles.